The molecule has 0 aliphatic rings. The number of hydrazine groups is 1. The Balaban J connectivity index is 2.55. The average Bonchev–Trinajstić information content (AvgIpc) is 2.35. The molecule has 2 N–H and O–H groups in total. The summed E-state index contributed by atoms with van der Waals surface area (Å²) in [6.45, 7) is 0.567. The quantitative estimate of drug-likeness (QED) is 0.614. The highest BCUT2D eigenvalue weighted by Gasteiger charge is 2.12. The van der Waals surface area contributed by atoms with Crippen LogP contribution in [-0.2, 0) is 4.79 Å². The molecule has 1 rings (SSSR count). The number of rotatable bonds is 6. The Morgan fingerprint density at radius 2 is 1.95 bits per heavy atom. The zero-order valence-electron chi connectivity index (χ0n) is 11.2. The van der Waals surface area contributed by atoms with Gasteiger partial charge in [-0.3, -0.25) is 9.80 Å². The maximum atomic E-state index is 10.5. The van der Waals surface area contributed by atoms with Crippen molar-refractivity contribution >= 4 is 29.0 Å². The Hall–Kier alpha value is -1.66. The van der Waals surface area contributed by atoms with Crippen LogP contribution >= 0.6 is 12.2 Å². The molecule has 0 saturated heterocycles. The summed E-state index contributed by atoms with van der Waals surface area (Å²) in [5.74, 6) is -0.791. The van der Waals surface area contributed by atoms with Gasteiger partial charge in [0.25, 0.3) is 0 Å². The maximum absolute atomic E-state index is 10.5. The van der Waals surface area contributed by atoms with E-state index in [1.54, 1.807) is 0 Å². The molecule has 1 aromatic carbocycles. The van der Waals surface area contributed by atoms with Crippen LogP contribution in [-0.4, -0.2) is 46.8 Å². The van der Waals surface area contributed by atoms with Crippen molar-refractivity contribution in [2.24, 2.45) is 0 Å². The lowest BCUT2D eigenvalue weighted by Gasteiger charge is -2.31. The third-order valence-corrected chi connectivity index (χ3v) is 2.82. The number of anilines is 1. The SMILES string of the molecule is CN(C)N(CCCC(=O)O)C(=S)Nc1ccccc1. The number of aliphatic carboxylic acids is 1. The summed E-state index contributed by atoms with van der Waals surface area (Å²) in [6, 6.07) is 9.64. The monoisotopic (exact) mass is 281 g/mol. The number of nitrogens with one attached hydrogen (secondary N) is 1. The molecular formula is C13H19N3O2S. The van der Waals surface area contributed by atoms with E-state index in [2.05, 4.69) is 5.32 Å². The fraction of sp³-hybridized carbons (Fsp3) is 0.385. The van der Waals surface area contributed by atoms with E-state index in [1.165, 1.54) is 0 Å². The van der Waals surface area contributed by atoms with Gasteiger partial charge in [0.15, 0.2) is 5.11 Å². The van der Waals surface area contributed by atoms with Crippen LogP contribution in [0.5, 0.6) is 0 Å². The molecule has 0 unspecified atom stereocenters. The van der Waals surface area contributed by atoms with Crippen LogP contribution < -0.4 is 5.32 Å². The predicted molar refractivity (Wildman–Crippen MR) is 79.9 cm³/mol. The van der Waals surface area contributed by atoms with Crippen molar-refractivity contribution in [1.29, 1.82) is 0 Å². The number of thiocarbonyl (C=S) groups is 1. The number of nitrogens with zero attached hydrogens (tertiary/aromatic N) is 2. The molecule has 0 aliphatic heterocycles. The standard InChI is InChI=1S/C13H19N3O2S/c1-15(2)16(10-6-9-12(17)18)13(19)14-11-7-4-3-5-8-11/h3-5,7-8H,6,9-10H2,1-2H3,(H,14,19)(H,17,18). The van der Waals surface area contributed by atoms with Gasteiger partial charge < -0.3 is 10.4 Å². The molecule has 0 saturated carbocycles. The van der Waals surface area contributed by atoms with Crippen molar-refractivity contribution in [2.45, 2.75) is 12.8 Å². The number of carboxylic acid groups (broad SMARTS) is 1. The average molecular weight is 281 g/mol. The minimum atomic E-state index is -0.791. The molecule has 0 radical (unpaired) electrons. The van der Waals surface area contributed by atoms with Gasteiger partial charge in [0.2, 0.25) is 0 Å². The van der Waals surface area contributed by atoms with Crippen molar-refractivity contribution in [1.82, 2.24) is 10.0 Å². The van der Waals surface area contributed by atoms with Crippen LogP contribution in [0, 0.1) is 0 Å². The van der Waals surface area contributed by atoms with Crippen molar-refractivity contribution < 1.29 is 9.90 Å². The molecule has 0 aliphatic carbocycles. The third kappa shape index (κ3) is 5.67. The van der Waals surface area contributed by atoms with Gasteiger partial charge in [-0.25, -0.2) is 5.01 Å². The number of para-hydroxylation sites is 1. The molecule has 104 valence electrons. The summed E-state index contributed by atoms with van der Waals surface area (Å²) >= 11 is 5.34. The molecule has 0 fully saturated rings. The summed E-state index contributed by atoms with van der Waals surface area (Å²) < 4.78 is 0. The Bertz CT molecular complexity index is 423. The van der Waals surface area contributed by atoms with Crippen LogP contribution in [0.3, 0.4) is 0 Å². The lowest BCUT2D eigenvalue weighted by molar-refractivity contribution is -0.137. The molecule has 1 aromatic rings. The second kappa shape index (κ2) is 7.70. The molecule has 0 amide bonds. The van der Waals surface area contributed by atoms with Crippen molar-refractivity contribution in [3.63, 3.8) is 0 Å². The zero-order chi connectivity index (χ0) is 14.3. The van der Waals surface area contributed by atoms with Gasteiger partial charge in [0.1, 0.15) is 0 Å². The first-order chi connectivity index (χ1) is 9.00. The molecule has 0 heterocycles. The maximum Gasteiger partial charge on any atom is 0.303 e. The molecule has 6 heteroatoms. The van der Waals surface area contributed by atoms with Gasteiger partial charge in [-0.05, 0) is 30.8 Å². The van der Waals surface area contributed by atoms with E-state index >= 15 is 0 Å². The largest absolute Gasteiger partial charge is 0.481 e. The van der Waals surface area contributed by atoms with Crippen molar-refractivity contribution in [2.75, 3.05) is 26.0 Å². The Morgan fingerprint density at radius 1 is 1.32 bits per heavy atom. The zero-order valence-corrected chi connectivity index (χ0v) is 12.0. The smallest absolute Gasteiger partial charge is 0.303 e. The van der Waals surface area contributed by atoms with E-state index < -0.39 is 5.97 Å². The molecule has 0 aromatic heterocycles. The molecule has 19 heavy (non-hydrogen) atoms. The van der Waals surface area contributed by atoms with Crippen LogP contribution in [0.1, 0.15) is 12.8 Å². The van der Waals surface area contributed by atoms with Gasteiger partial charge in [-0.2, -0.15) is 0 Å². The number of hydrogen-bond donors (Lipinski definition) is 2. The van der Waals surface area contributed by atoms with E-state index in [1.807, 2.05) is 54.4 Å². The van der Waals surface area contributed by atoms with Gasteiger partial charge in [-0.1, -0.05) is 18.2 Å². The van der Waals surface area contributed by atoms with Gasteiger partial charge in [-0.15, -0.1) is 0 Å². The normalized spacial score (nSPS) is 10.3. The van der Waals surface area contributed by atoms with E-state index in [0.29, 0.717) is 18.1 Å². The molecule has 5 nitrogen and oxygen atoms in total. The Kier molecular flexibility index (Phi) is 6.24. The highest BCUT2D eigenvalue weighted by molar-refractivity contribution is 7.80. The lowest BCUT2D eigenvalue weighted by Crippen LogP contribution is -2.44. The number of benzene rings is 1. The summed E-state index contributed by atoms with van der Waals surface area (Å²) in [5, 5.41) is 16.0. The van der Waals surface area contributed by atoms with Gasteiger partial charge in [0, 0.05) is 32.7 Å². The highest BCUT2D eigenvalue weighted by Crippen LogP contribution is 2.08. The predicted octanol–water partition coefficient (Wildman–Crippen LogP) is 2.03. The third-order valence-electron chi connectivity index (χ3n) is 2.50. The highest BCUT2D eigenvalue weighted by atomic mass is 32.1. The van der Waals surface area contributed by atoms with Crippen LogP contribution in [0.15, 0.2) is 30.3 Å². The van der Waals surface area contributed by atoms with E-state index in [9.17, 15) is 4.79 Å². The first-order valence-corrected chi connectivity index (χ1v) is 6.44. The van der Waals surface area contributed by atoms with E-state index in [4.69, 9.17) is 17.3 Å². The lowest BCUT2D eigenvalue weighted by atomic mass is 10.3. The van der Waals surface area contributed by atoms with Crippen LogP contribution in [0.4, 0.5) is 5.69 Å². The van der Waals surface area contributed by atoms with Gasteiger partial charge >= 0.3 is 5.97 Å². The first-order valence-electron chi connectivity index (χ1n) is 6.03. The summed E-state index contributed by atoms with van der Waals surface area (Å²) in [5.41, 5.74) is 0.914. The molecule has 0 spiro atoms. The van der Waals surface area contributed by atoms with Gasteiger partial charge in [0.05, 0.1) is 0 Å². The second-order valence-electron chi connectivity index (χ2n) is 4.26. The molecular weight excluding hydrogens is 262 g/mol. The number of carbonyl (C=O) groups is 1. The molecule has 0 bridgehead atoms. The fourth-order valence-electron chi connectivity index (χ4n) is 1.57. The topological polar surface area (TPSA) is 55.8 Å². The van der Waals surface area contributed by atoms with Crippen LogP contribution in [0.2, 0.25) is 0 Å². The Morgan fingerprint density at radius 3 is 2.47 bits per heavy atom. The Labute approximate surface area is 118 Å². The second-order valence-corrected chi connectivity index (χ2v) is 4.65. The van der Waals surface area contributed by atoms with Crippen molar-refractivity contribution in [3.05, 3.63) is 30.3 Å². The minimum absolute atomic E-state index is 0.137. The van der Waals surface area contributed by atoms with Crippen LogP contribution in [0.25, 0.3) is 0 Å². The fourth-order valence-corrected chi connectivity index (χ4v) is 1.95. The van der Waals surface area contributed by atoms with E-state index in [-0.39, 0.29) is 6.42 Å². The first kappa shape index (κ1) is 15.4. The summed E-state index contributed by atoms with van der Waals surface area (Å²) in [7, 11) is 3.75. The van der Waals surface area contributed by atoms with Crippen molar-refractivity contribution in [3.8, 4) is 0 Å². The molecule has 0 atom stereocenters. The number of hydrogen-bond acceptors (Lipinski definition) is 3. The summed E-state index contributed by atoms with van der Waals surface area (Å²) in [4.78, 5) is 10.5. The van der Waals surface area contributed by atoms with E-state index in [0.717, 1.165) is 5.69 Å². The number of carboxylic acids is 1. The summed E-state index contributed by atoms with van der Waals surface area (Å²) in [6.07, 6.45) is 0.683. The minimum Gasteiger partial charge on any atom is -0.481 e.